The minimum absolute atomic E-state index is 0.0136. The number of rotatable bonds is 4. The van der Waals surface area contributed by atoms with Crippen LogP contribution in [0.1, 0.15) is 31.9 Å². The highest BCUT2D eigenvalue weighted by Gasteiger charge is 2.12. The molecule has 0 bridgehead atoms. The van der Waals surface area contributed by atoms with Gasteiger partial charge in [-0.15, -0.1) is 0 Å². The summed E-state index contributed by atoms with van der Waals surface area (Å²) < 4.78 is 0. The predicted octanol–water partition coefficient (Wildman–Crippen LogP) is 1.56. The lowest BCUT2D eigenvalue weighted by Crippen LogP contribution is -2.28. The Balaban J connectivity index is 2.55. The highest BCUT2D eigenvalue weighted by atomic mass is 16.1. The Hall–Kier alpha value is -1.35. The molecule has 0 radical (unpaired) electrons. The van der Waals surface area contributed by atoms with E-state index in [4.69, 9.17) is 5.73 Å². The SMILES string of the molecule is CC(=O)NCCc1ccc(C(C)(C)N)cc1. The second kappa shape index (κ2) is 5.12. The minimum atomic E-state index is -0.295. The van der Waals surface area contributed by atoms with Crippen LogP contribution in [0.3, 0.4) is 0 Å². The summed E-state index contributed by atoms with van der Waals surface area (Å²) in [6, 6.07) is 8.21. The number of carbonyl (C=O) groups is 1. The first-order valence-electron chi connectivity index (χ1n) is 5.52. The van der Waals surface area contributed by atoms with Crippen LogP contribution in [-0.4, -0.2) is 12.5 Å². The number of nitrogens with two attached hydrogens (primary N) is 1. The third-order valence-electron chi connectivity index (χ3n) is 2.49. The van der Waals surface area contributed by atoms with Gasteiger partial charge in [0.25, 0.3) is 0 Å². The van der Waals surface area contributed by atoms with Crippen molar-refractivity contribution in [3.8, 4) is 0 Å². The highest BCUT2D eigenvalue weighted by molar-refractivity contribution is 5.72. The van der Waals surface area contributed by atoms with Gasteiger partial charge in [-0.2, -0.15) is 0 Å². The topological polar surface area (TPSA) is 55.1 Å². The Kier molecular flexibility index (Phi) is 4.07. The van der Waals surface area contributed by atoms with E-state index >= 15 is 0 Å². The summed E-state index contributed by atoms with van der Waals surface area (Å²) in [5.74, 6) is 0.0136. The molecule has 88 valence electrons. The Morgan fingerprint density at radius 3 is 2.31 bits per heavy atom. The summed E-state index contributed by atoms with van der Waals surface area (Å²) in [6.45, 7) is 6.18. The number of hydrogen-bond donors (Lipinski definition) is 2. The van der Waals surface area contributed by atoms with Crippen LogP contribution in [0.15, 0.2) is 24.3 Å². The van der Waals surface area contributed by atoms with E-state index in [0.29, 0.717) is 6.54 Å². The summed E-state index contributed by atoms with van der Waals surface area (Å²) in [6.07, 6.45) is 0.852. The highest BCUT2D eigenvalue weighted by Crippen LogP contribution is 2.17. The molecule has 3 nitrogen and oxygen atoms in total. The maximum atomic E-state index is 10.7. The zero-order valence-electron chi connectivity index (χ0n) is 10.2. The van der Waals surface area contributed by atoms with E-state index in [1.807, 2.05) is 26.0 Å². The lowest BCUT2D eigenvalue weighted by atomic mass is 9.94. The Bertz CT molecular complexity index is 349. The number of amides is 1. The molecule has 0 aliphatic heterocycles. The van der Waals surface area contributed by atoms with Crippen LogP contribution in [0.2, 0.25) is 0 Å². The fourth-order valence-corrected chi connectivity index (χ4v) is 1.48. The monoisotopic (exact) mass is 220 g/mol. The molecule has 1 amide bonds. The maximum absolute atomic E-state index is 10.7. The van der Waals surface area contributed by atoms with Crippen molar-refractivity contribution in [2.24, 2.45) is 5.73 Å². The van der Waals surface area contributed by atoms with Gasteiger partial charge in [0, 0.05) is 19.0 Å². The van der Waals surface area contributed by atoms with E-state index in [1.165, 1.54) is 12.5 Å². The van der Waals surface area contributed by atoms with E-state index in [0.717, 1.165) is 12.0 Å². The zero-order chi connectivity index (χ0) is 12.2. The van der Waals surface area contributed by atoms with Gasteiger partial charge >= 0.3 is 0 Å². The molecule has 1 aromatic carbocycles. The number of hydrogen-bond acceptors (Lipinski definition) is 2. The molecule has 3 heteroatoms. The van der Waals surface area contributed by atoms with Crippen molar-refractivity contribution in [3.63, 3.8) is 0 Å². The zero-order valence-corrected chi connectivity index (χ0v) is 10.2. The summed E-state index contributed by atoms with van der Waals surface area (Å²) >= 11 is 0. The van der Waals surface area contributed by atoms with Gasteiger partial charge < -0.3 is 11.1 Å². The van der Waals surface area contributed by atoms with E-state index in [-0.39, 0.29) is 11.4 Å². The third-order valence-corrected chi connectivity index (χ3v) is 2.49. The lowest BCUT2D eigenvalue weighted by Gasteiger charge is -2.19. The quantitative estimate of drug-likeness (QED) is 0.809. The summed E-state index contributed by atoms with van der Waals surface area (Å²) in [7, 11) is 0. The fraction of sp³-hybridized carbons (Fsp3) is 0.462. The van der Waals surface area contributed by atoms with Crippen LogP contribution in [0.4, 0.5) is 0 Å². The first-order chi connectivity index (χ1) is 7.39. The van der Waals surface area contributed by atoms with Crippen molar-refractivity contribution in [1.82, 2.24) is 5.32 Å². The molecule has 0 aromatic heterocycles. The number of benzene rings is 1. The van der Waals surface area contributed by atoms with Gasteiger partial charge in [0.2, 0.25) is 5.91 Å². The Morgan fingerprint density at radius 2 is 1.88 bits per heavy atom. The first-order valence-corrected chi connectivity index (χ1v) is 5.52. The van der Waals surface area contributed by atoms with E-state index in [9.17, 15) is 4.79 Å². The van der Waals surface area contributed by atoms with E-state index < -0.39 is 0 Å². The third kappa shape index (κ3) is 4.03. The fourth-order valence-electron chi connectivity index (χ4n) is 1.48. The standard InChI is InChI=1S/C13H20N2O/c1-10(16)15-9-8-11-4-6-12(7-5-11)13(2,3)14/h4-7H,8-9,14H2,1-3H3,(H,15,16). The molecular formula is C13H20N2O. The van der Waals surface area contributed by atoms with E-state index in [1.54, 1.807) is 0 Å². The molecule has 16 heavy (non-hydrogen) atoms. The second-order valence-electron chi connectivity index (χ2n) is 4.65. The van der Waals surface area contributed by atoms with E-state index in [2.05, 4.69) is 17.4 Å². The number of nitrogens with one attached hydrogen (secondary N) is 1. The molecule has 0 spiro atoms. The van der Waals surface area contributed by atoms with Gasteiger partial charge in [-0.3, -0.25) is 4.79 Å². The van der Waals surface area contributed by atoms with Crippen LogP contribution in [0, 0.1) is 0 Å². The van der Waals surface area contributed by atoms with Gasteiger partial charge in [-0.25, -0.2) is 0 Å². The lowest BCUT2D eigenvalue weighted by molar-refractivity contribution is -0.118. The molecule has 0 aliphatic rings. The molecule has 1 rings (SSSR count). The summed E-state index contributed by atoms with van der Waals surface area (Å²) in [5.41, 5.74) is 8.03. The maximum Gasteiger partial charge on any atom is 0.216 e. The van der Waals surface area contributed by atoms with Crippen LogP contribution >= 0.6 is 0 Å². The van der Waals surface area contributed by atoms with Crippen LogP contribution in [-0.2, 0) is 16.8 Å². The van der Waals surface area contributed by atoms with Crippen LogP contribution < -0.4 is 11.1 Å². The molecule has 0 aliphatic carbocycles. The molecule has 0 unspecified atom stereocenters. The molecule has 3 N–H and O–H groups in total. The van der Waals surface area contributed by atoms with Gasteiger partial charge in [-0.1, -0.05) is 24.3 Å². The molecule has 0 fully saturated rings. The first kappa shape index (κ1) is 12.7. The normalized spacial score (nSPS) is 11.2. The number of carbonyl (C=O) groups excluding carboxylic acids is 1. The molecule has 0 atom stereocenters. The smallest absolute Gasteiger partial charge is 0.216 e. The van der Waals surface area contributed by atoms with Gasteiger partial charge in [0.15, 0.2) is 0 Å². The molecular weight excluding hydrogens is 200 g/mol. The van der Waals surface area contributed by atoms with Crippen LogP contribution in [0.5, 0.6) is 0 Å². The average molecular weight is 220 g/mol. The largest absolute Gasteiger partial charge is 0.356 e. The van der Waals surface area contributed by atoms with Crippen molar-refractivity contribution < 1.29 is 4.79 Å². The summed E-state index contributed by atoms with van der Waals surface area (Å²) in [4.78, 5) is 10.7. The van der Waals surface area contributed by atoms with Crippen molar-refractivity contribution >= 4 is 5.91 Å². The van der Waals surface area contributed by atoms with Crippen molar-refractivity contribution in [1.29, 1.82) is 0 Å². The van der Waals surface area contributed by atoms with Crippen molar-refractivity contribution in [3.05, 3.63) is 35.4 Å². The van der Waals surface area contributed by atoms with Crippen molar-refractivity contribution in [2.45, 2.75) is 32.7 Å². The predicted molar refractivity (Wildman–Crippen MR) is 66.0 cm³/mol. The Labute approximate surface area is 97.0 Å². The molecule has 1 aromatic rings. The summed E-state index contributed by atoms with van der Waals surface area (Å²) in [5, 5.41) is 2.78. The second-order valence-corrected chi connectivity index (χ2v) is 4.65. The van der Waals surface area contributed by atoms with Crippen molar-refractivity contribution in [2.75, 3.05) is 6.54 Å². The van der Waals surface area contributed by atoms with Gasteiger partial charge in [0.05, 0.1) is 0 Å². The Morgan fingerprint density at radius 1 is 1.31 bits per heavy atom. The van der Waals surface area contributed by atoms with Gasteiger partial charge in [-0.05, 0) is 31.4 Å². The molecule has 0 saturated carbocycles. The molecule has 0 heterocycles. The average Bonchev–Trinajstić information content (AvgIpc) is 2.16. The van der Waals surface area contributed by atoms with Gasteiger partial charge in [0.1, 0.15) is 0 Å². The van der Waals surface area contributed by atoms with Crippen LogP contribution in [0.25, 0.3) is 0 Å². The minimum Gasteiger partial charge on any atom is -0.356 e. The molecule has 0 saturated heterocycles.